The molecule has 3 amide bonds. The average Bonchev–Trinajstić information content (AvgIpc) is 2.87. The van der Waals surface area contributed by atoms with Crippen LogP contribution in [0.1, 0.15) is 25.0 Å². The average molecular weight is 527 g/mol. The summed E-state index contributed by atoms with van der Waals surface area (Å²) >= 11 is 6.04. The van der Waals surface area contributed by atoms with Gasteiger partial charge in [-0.15, -0.1) is 0 Å². The molecule has 0 bridgehead atoms. The summed E-state index contributed by atoms with van der Waals surface area (Å²) in [7, 11) is 1.45. The lowest BCUT2D eigenvalue weighted by molar-refractivity contribution is -0.136. The zero-order valence-corrected chi connectivity index (χ0v) is 21.0. The van der Waals surface area contributed by atoms with E-state index in [2.05, 4.69) is 21.2 Å². The van der Waals surface area contributed by atoms with Crippen molar-refractivity contribution in [3.05, 3.63) is 82.6 Å². The number of rotatable bonds is 8. The summed E-state index contributed by atoms with van der Waals surface area (Å²) in [4.78, 5) is 35.4. The molecule has 0 unspecified atom stereocenters. The van der Waals surface area contributed by atoms with E-state index in [0.29, 0.717) is 34.1 Å². The molecule has 0 aromatic heterocycles. The van der Waals surface area contributed by atoms with Crippen molar-refractivity contribution in [2.45, 2.75) is 20.5 Å². The van der Waals surface area contributed by atoms with Crippen LogP contribution in [0.3, 0.4) is 0 Å². The maximum absolute atomic E-state index is 14.0. The first-order valence-corrected chi connectivity index (χ1v) is 11.3. The molecule has 0 aliphatic heterocycles. The van der Waals surface area contributed by atoms with Gasteiger partial charge in [0.2, 0.25) is 5.91 Å². The number of carbonyl (C=O) groups is 3. The summed E-state index contributed by atoms with van der Waals surface area (Å²) in [6.07, 6.45) is 0. The summed E-state index contributed by atoms with van der Waals surface area (Å²) in [5.74, 6) is -1.89. The highest BCUT2D eigenvalue weighted by Crippen LogP contribution is 2.30. The fourth-order valence-corrected chi connectivity index (χ4v) is 3.33. The Morgan fingerprint density at radius 2 is 1.59 bits per heavy atom. The monoisotopic (exact) mass is 526 g/mol. The topological polar surface area (TPSA) is 118 Å². The zero-order chi connectivity index (χ0) is 26.9. The molecular formula is C26H24ClFN4O5. The minimum atomic E-state index is -0.973. The number of amides is 3. The molecule has 192 valence electrons. The SMILES string of the molecule is COc1cc(/C(C)=N/NC(=O)C(=O)Nc2ccc(NC(C)=O)cc2)ccc1OCc1c(F)cccc1Cl. The summed E-state index contributed by atoms with van der Waals surface area (Å²) < 4.78 is 25.1. The molecule has 0 heterocycles. The Balaban J connectivity index is 1.61. The van der Waals surface area contributed by atoms with Crippen molar-refractivity contribution in [1.82, 2.24) is 5.43 Å². The number of nitrogens with zero attached hydrogens (tertiary/aromatic N) is 1. The normalized spacial score (nSPS) is 10.9. The molecule has 3 aromatic carbocycles. The summed E-state index contributed by atoms with van der Waals surface area (Å²) in [5.41, 5.74) is 4.32. The van der Waals surface area contributed by atoms with E-state index in [4.69, 9.17) is 21.1 Å². The van der Waals surface area contributed by atoms with Gasteiger partial charge in [0, 0.05) is 29.4 Å². The van der Waals surface area contributed by atoms with Gasteiger partial charge in [-0.2, -0.15) is 5.10 Å². The van der Waals surface area contributed by atoms with Crippen LogP contribution in [-0.4, -0.2) is 30.5 Å². The number of anilines is 2. The van der Waals surface area contributed by atoms with Crippen molar-refractivity contribution in [3.63, 3.8) is 0 Å². The third-order valence-corrected chi connectivity index (χ3v) is 5.36. The van der Waals surface area contributed by atoms with Gasteiger partial charge in [-0.1, -0.05) is 17.7 Å². The number of hydrogen-bond donors (Lipinski definition) is 3. The van der Waals surface area contributed by atoms with Gasteiger partial charge in [-0.25, -0.2) is 9.82 Å². The predicted octanol–water partition coefficient (Wildman–Crippen LogP) is 4.50. The molecule has 11 heteroatoms. The lowest BCUT2D eigenvalue weighted by Gasteiger charge is -2.13. The molecule has 9 nitrogen and oxygen atoms in total. The van der Waals surface area contributed by atoms with Crippen LogP contribution in [0.25, 0.3) is 0 Å². The molecule has 0 saturated heterocycles. The first-order chi connectivity index (χ1) is 17.7. The molecule has 0 radical (unpaired) electrons. The van der Waals surface area contributed by atoms with Crippen molar-refractivity contribution < 1.29 is 28.2 Å². The second kappa shape index (κ2) is 12.5. The molecule has 0 atom stereocenters. The van der Waals surface area contributed by atoms with Crippen molar-refractivity contribution >= 4 is 46.4 Å². The number of methoxy groups -OCH3 is 1. The van der Waals surface area contributed by atoms with Crippen LogP contribution in [0.5, 0.6) is 11.5 Å². The smallest absolute Gasteiger partial charge is 0.329 e. The maximum atomic E-state index is 14.0. The van der Waals surface area contributed by atoms with E-state index >= 15 is 0 Å². The highest BCUT2D eigenvalue weighted by Gasteiger charge is 2.15. The van der Waals surface area contributed by atoms with E-state index in [1.807, 2.05) is 0 Å². The van der Waals surface area contributed by atoms with E-state index in [1.54, 1.807) is 55.5 Å². The number of halogens is 2. The van der Waals surface area contributed by atoms with E-state index in [9.17, 15) is 18.8 Å². The minimum absolute atomic E-state index is 0.102. The lowest BCUT2D eigenvalue weighted by atomic mass is 10.1. The molecule has 0 saturated carbocycles. The van der Waals surface area contributed by atoms with Gasteiger partial charge in [-0.05, 0) is 61.5 Å². The quantitative estimate of drug-likeness (QED) is 0.227. The first-order valence-electron chi connectivity index (χ1n) is 10.9. The highest BCUT2D eigenvalue weighted by molar-refractivity contribution is 6.39. The second-order valence-corrected chi connectivity index (χ2v) is 8.11. The number of hydrazone groups is 1. The van der Waals surface area contributed by atoms with Gasteiger partial charge in [0.1, 0.15) is 12.4 Å². The van der Waals surface area contributed by atoms with Crippen molar-refractivity contribution in [1.29, 1.82) is 0 Å². The number of carbonyl (C=O) groups excluding carboxylic acids is 3. The molecule has 0 spiro atoms. The molecule has 3 aromatic rings. The first kappa shape index (κ1) is 27.2. The van der Waals surface area contributed by atoms with Crippen molar-refractivity contribution in [2.75, 3.05) is 17.7 Å². The number of hydrogen-bond acceptors (Lipinski definition) is 6. The molecule has 0 aliphatic carbocycles. The Kier molecular flexibility index (Phi) is 9.17. The van der Waals surface area contributed by atoms with Gasteiger partial charge < -0.3 is 20.1 Å². The maximum Gasteiger partial charge on any atom is 0.329 e. The Hall–Kier alpha value is -4.44. The Bertz CT molecular complexity index is 1330. The Morgan fingerprint density at radius 3 is 2.22 bits per heavy atom. The third-order valence-electron chi connectivity index (χ3n) is 5.01. The largest absolute Gasteiger partial charge is 0.493 e. The number of nitrogens with one attached hydrogen (secondary N) is 3. The van der Waals surface area contributed by atoms with Crippen LogP contribution in [0, 0.1) is 5.82 Å². The fourth-order valence-electron chi connectivity index (χ4n) is 3.11. The van der Waals surface area contributed by atoms with E-state index < -0.39 is 17.6 Å². The van der Waals surface area contributed by atoms with Gasteiger partial charge in [-0.3, -0.25) is 14.4 Å². The Morgan fingerprint density at radius 1 is 0.919 bits per heavy atom. The fraction of sp³-hybridized carbons (Fsp3) is 0.154. The molecule has 3 rings (SSSR count). The molecule has 0 aliphatic rings. The van der Waals surface area contributed by atoms with Gasteiger partial charge in [0.05, 0.1) is 17.8 Å². The molecule has 37 heavy (non-hydrogen) atoms. The Labute approximate surface area is 217 Å². The van der Waals surface area contributed by atoms with Crippen LogP contribution in [0.4, 0.5) is 15.8 Å². The molecule has 3 N–H and O–H groups in total. The van der Waals surface area contributed by atoms with Crippen LogP contribution in [-0.2, 0) is 21.0 Å². The summed E-state index contributed by atoms with van der Waals surface area (Å²) in [5, 5.41) is 9.26. The number of benzene rings is 3. The predicted molar refractivity (Wildman–Crippen MR) is 138 cm³/mol. The van der Waals surface area contributed by atoms with Crippen LogP contribution in [0.15, 0.2) is 65.8 Å². The lowest BCUT2D eigenvalue weighted by Crippen LogP contribution is -2.32. The molecule has 0 fully saturated rings. The van der Waals surface area contributed by atoms with Crippen LogP contribution < -0.4 is 25.5 Å². The van der Waals surface area contributed by atoms with Gasteiger partial charge in [0.15, 0.2) is 11.5 Å². The van der Waals surface area contributed by atoms with E-state index in [-0.39, 0.29) is 23.1 Å². The van der Waals surface area contributed by atoms with Crippen LogP contribution >= 0.6 is 11.6 Å². The van der Waals surface area contributed by atoms with Gasteiger partial charge in [0.25, 0.3) is 0 Å². The summed E-state index contributed by atoms with van der Waals surface area (Å²) in [6, 6.07) is 15.5. The second-order valence-electron chi connectivity index (χ2n) is 7.71. The highest BCUT2D eigenvalue weighted by atomic mass is 35.5. The van der Waals surface area contributed by atoms with Crippen LogP contribution in [0.2, 0.25) is 5.02 Å². The standard InChI is InChI=1S/C26H24ClFN4O5/c1-15(31-32-26(35)25(34)30-19-10-8-18(9-11-19)29-16(2)33)17-7-12-23(24(13-17)36-3)37-14-20-21(27)5-4-6-22(20)28/h4-13H,14H2,1-3H3,(H,29,33)(H,30,34)(H,32,35)/b31-15+. The minimum Gasteiger partial charge on any atom is -0.493 e. The zero-order valence-electron chi connectivity index (χ0n) is 20.2. The summed E-state index contributed by atoms with van der Waals surface area (Å²) in [6.45, 7) is 2.91. The molecular weight excluding hydrogens is 503 g/mol. The van der Waals surface area contributed by atoms with Gasteiger partial charge >= 0.3 is 11.8 Å². The number of ether oxygens (including phenoxy) is 2. The van der Waals surface area contributed by atoms with E-state index in [1.165, 1.54) is 26.2 Å². The van der Waals surface area contributed by atoms with Crippen molar-refractivity contribution in [3.8, 4) is 11.5 Å². The van der Waals surface area contributed by atoms with Crippen molar-refractivity contribution in [2.24, 2.45) is 5.10 Å². The van der Waals surface area contributed by atoms with E-state index in [0.717, 1.165) is 0 Å². The third kappa shape index (κ3) is 7.52.